The largest absolute Gasteiger partial charge is 0.496 e. The molecule has 3 nitrogen and oxygen atoms in total. The SMILES string of the molecule is COc1cc(C)c(C(O)CCN)cc1C(C)(C)C. The molecule has 1 aromatic carbocycles. The van der Waals surface area contributed by atoms with Crippen LogP contribution >= 0.6 is 0 Å². The van der Waals surface area contributed by atoms with E-state index >= 15 is 0 Å². The Morgan fingerprint density at radius 3 is 2.39 bits per heavy atom. The van der Waals surface area contributed by atoms with Crippen molar-refractivity contribution >= 4 is 0 Å². The summed E-state index contributed by atoms with van der Waals surface area (Å²) < 4.78 is 5.44. The fraction of sp³-hybridized carbons (Fsp3) is 0.600. The van der Waals surface area contributed by atoms with Gasteiger partial charge in [-0.05, 0) is 54.1 Å². The summed E-state index contributed by atoms with van der Waals surface area (Å²) in [5.41, 5.74) is 8.60. The number of aryl methyl sites for hydroxylation is 1. The number of rotatable bonds is 4. The van der Waals surface area contributed by atoms with Gasteiger partial charge in [0, 0.05) is 0 Å². The van der Waals surface area contributed by atoms with Crippen molar-refractivity contribution in [1.82, 2.24) is 0 Å². The van der Waals surface area contributed by atoms with Gasteiger partial charge in [0.05, 0.1) is 13.2 Å². The van der Waals surface area contributed by atoms with E-state index in [-0.39, 0.29) is 5.41 Å². The normalized spacial score (nSPS) is 13.5. The van der Waals surface area contributed by atoms with Crippen LogP contribution < -0.4 is 10.5 Å². The van der Waals surface area contributed by atoms with Gasteiger partial charge in [-0.1, -0.05) is 20.8 Å². The first-order valence-corrected chi connectivity index (χ1v) is 6.38. The minimum atomic E-state index is -0.498. The molecule has 0 saturated carbocycles. The topological polar surface area (TPSA) is 55.5 Å². The number of methoxy groups -OCH3 is 1. The van der Waals surface area contributed by atoms with E-state index < -0.39 is 6.10 Å². The number of nitrogens with two attached hydrogens (primary N) is 1. The van der Waals surface area contributed by atoms with Crippen LogP contribution in [0, 0.1) is 6.92 Å². The molecule has 0 fully saturated rings. The molecule has 0 heterocycles. The lowest BCUT2D eigenvalue weighted by Gasteiger charge is -2.25. The van der Waals surface area contributed by atoms with Crippen LogP contribution in [0.4, 0.5) is 0 Å². The van der Waals surface area contributed by atoms with E-state index in [2.05, 4.69) is 26.8 Å². The molecule has 1 rings (SSSR count). The molecule has 3 N–H and O–H groups in total. The lowest BCUT2D eigenvalue weighted by molar-refractivity contribution is 0.169. The molecule has 0 spiro atoms. The minimum absolute atomic E-state index is 0.0176. The van der Waals surface area contributed by atoms with E-state index in [9.17, 15) is 5.11 Å². The van der Waals surface area contributed by atoms with E-state index in [0.29, 0.717) is 13.0 Å². The molecule has 0 bridgehead atoms. The van der Waals surface area contributed by atoms with Crippen LogP contribution in [-0.4, -0.2) is 18.8 Å². The van der Waals surface area contributed by atoms with Crippen LogP contribution in [0.25, 0.3) is 0 Å². The van der Waals surface area contributed by atoms with Gasteiger partial charge in [0.15, 0.2) is 0 Å². The molecule has 0 amide bonds. The van der Waals surface area contributed by atoms with Crippen molar-refractivity contribution in [3.8, 4) is 5.75 Å². The molecule has 102 valence electrons. The van der Waals surface area contributed by atoms with Crippen molar-refractivity contribution in [2.75, 3.05) is 13.7 Å². The summed E-state index contributed by atoms with van der Waals surface area (Å²) in [6.07, 6.45) is 0.0820. The summed E-state index contributed by atoms with van der Waals surface area (Å²) in [5, 5.41) is 10.1. The van der Waals surface area contributed by atoms with E-state index in [0.717, 1.165) is 22.4 Å². The van der Waals surface area contributed by atoms with Gasteiger partial charge in [-0.25, -0.2) is 0 Å². The van der Waals surface area contributed by atoms with Gasteiger partial charge in [0.25, 0.3) is 0 Å². The van der Waals surface area contributed by atoms with Gasteiger partial charge < -0.3 is 15.6 Å². The Kier molecular flexibility index (Phi) is 4.77. The maximum absolute atomic E-state index is 10.1. The number of ether oxygens (including phenoxy) is 1. The molecule has 1 unspecified atom stereocenters. The Bertz CT molecular complexity index is 408. The third-order valence-electron chi connectivity index (χ3n) is 3.20. The molecular weight excluding hydrogens is 226 g/mol. The summed E-state index contributed by atoms with van der Waals surface area (Å²) in [4.78, 5) is 0. The first kappa shape index (κ1) is 15.0. The molecule has 0 aliphatic carbocycles. The average Bonchev–Trinajstić information content (AvgIpc) is 2.27. The molecule has 18 heavy (non-hydrogen) atoms. The maximum atomic E-state index is 10.1. The highest BCUT2D eigenvalue weighted by atomic mass is 16.5. The van der Waals surface area contributed by atoms with E-state index in [1.165, 1.54) is 0 Å². The molecule has 0 saturated heterocycles. The monoisotopic (exact) mass is 251 g/mol. The Labute approximate surface area is 110 Å². The number of aliphatic hydroxyl groups is 1. The van der Waals surface area contributed by atoms with E-state index in [1.807, 2.05) is 13.0 Å². The van der Waals surface area contributed by atoms with Gasteiger partial charge in [-0.3, -0.25) is 0 Å². The summed E-state index contributed by atoms with van der Waals surface area (Å²) in [7, 11) is 1.68. The Hall–Kier alpha value is -1.06. The molecular formula is C15H25NO2. The van der Waals surface area contributed by atoms with E-state index in [4.69, 9.17) is 10.5 Å². The number of benzene rings is 1. The van der Waals surface area contributed by atoms with Gasteiger partial charge in [0.1, 0.15) is 5.75 Å². The van der Waals surface area contributed by atoms with Gasteiger partial charge in [-0.2, -0.15) is 0 Å². The molecule has 0 radical (unpaired) electrons. The highest BCUT2D eigenvalue weighted by Gasteiger charge is 2.22. The zero-order valence-electron chi connectivity index (χ0n) is 12.1. The smallest absolute Gasteiger partial charge is 0.122 e. The number of hydrogen-bond donors (Lipinski definition) is 2. The summed E-state index contributed by atoms with van der Waals surface area (Å²) in [6.45, 7) is 8.89. The van der Waals surface area contributed by atoms with Crippen LogP contribution in [0.3, 0.4) is 0 Å². The average molecular weight is 251 g/mol. The van der Waals surface area contributed by atoms with Crippen molar-refractivity contribution in [1.29, 1.82) is 0 Å². The molecule has 3 heteroatoms. The van der Waals surface area contributed by atoms with Crippen molar-refractivity contribution in [3.05, 3.63) is 28.8 Å². The summed E-state index contributed by atoms with van der Waals surface area (Å²) in [5.74, 6) is 0.878. The van der Waals surface area contributed by atoms with Crippen LogP contribution in [-0.2, 0) is 5.41 Å². The fourth-order valence-electron chi connectivity index (χ4n) is 2.13. The summed E-state index contributed by atoms with van der Waals surface area (Å²) in [6, 6.07) is 4.05. The lowest BCUT2D eigenvalue weighted by Crippen LogP contribution is -2.15. The fourth-order valence-corrected chi connectivity index (χ4v) is 2.13. The van der Waals surface area contributed by atoms with E-state index in [1.54, 1.807) is 7.11 Å². The second-order valence-corrected chi connectivity index (χ2v) is 5.75. The van der Waals surface area contributed by atoms with Crippen LogP contribution in [0.2, 0.25) is 0 Å². The van der Waals surface area contributed by atoms with Crippen LogP contribution in [0.5, 0.6) is 5.75 Å². The minimum Gasteiger partial charge on any atom is -0.496 e. The molecule has 1 atom stereocenters. The van der Waals surface area contributed by atoms with Crippen molar-refractivity contribution in [2.24, 2.45) is 5.73 Å². The lowest BCUT2D eigenvalue weighted by atomic mass is 9.83. The van der Waals surface area contributed by atoms with Crippen molar-refractivity contribution in [3.63, 3.8) is 0 Å². The van der Waals surface area contributed by atoms with Gasteiger partial charge in [0.2, 0.25) is 0 Å². The zero-order valence-corrected chi connectivity index (χ0v) is 12.1. The molecule has 0 aromatic heterocycles. The quantitative estimate of drug-likeness (QED) is 0.865. The van der Waals surface area contributed by atoms with Crippen LogP contribution in [0.15, 0.2) is 12.1 Å². The summed E-state index contributed by atoms with van der Waals surface area (Å²) >= 11 is 0. The third kappa shape index (κ3) is 3.24. The first-order chi connectivity index (χ1) is 8.31. The predicted octanol–water partition coefficient (Wildman–Crippen LogP) is 2.68. The van der Waals surface area contributed by atoms with Gasteiger partial charge >= 0.3 is 0 Å². The highest BCUT2D eigenvalue weighted by molar-refractivity contribution is 5.46. The Morgan fingerprint density at radius 2 is 1.94 bits per heavy atom. The van der Waals surface area contributed by atoms with Crippen molar-refractivity contribution < 1.29 is 9.84 Å². The Balaban J connectivity index is 3.30. The second-order valence-electron chi connectivity index (χ2n) is 5.75. The second kappa shape index (κ2) is 5.72. The number of aliphatic hydroxyl groups excluding tert-OH is 1. The molecule has 1 aromatic rings. The van der Waals surface area contributed by atoms with Gasteiger partial charge in [-0.15, -0.1) is 0 Å². The third-order valence-corrected chi connectivity index (χ3v) is 3.20. The molecule has 0 aliphatic heterocycles. The zero-order chi connectivity index (χ0) is 13.9. The number of hydrogen-bond acceptors (Lipinski definition) is 3. The first-order valence-electron chi connectivity index (χ1n) is 6.38. The molecule has 0 aliphatic rings. The van der Waals surface area contributed by atoms with Crippen LogP contribution in [0.1, 0.15) is 50.0 Å². The van der Waals surface area contributed by atoms with Crippen molar-refractivity contribution in [2.45, 2.75) is 45.6 Å². The highest BCUT2D eigenvalue weighted by Crippen LogP contribution is 2.35. The maximum Gasteiger partial charge on any atom is 0.122 e. The predicted molar refractivity (Wildman–Crippen MR) is 75.1 cm³/mol. The Morgan fingerprint density at radius 1 is 1.33 bits per heavy atom. The standard InChI is InChI=1S/C15H25NO2/c1-10-8-14(18-5)12(15(2,3)4)9-11(10)13(17)6-7-16/h8-9,13,17H,6-7,16H2,1-5H3.